The highest BCUT2D eigenvalue weighted by Crippen LogP contribution is 2.09. The molecule has 0 saturated heterocycles. The van der Waals surface area contributed by atoms with E-state index in [-0.39, 0.29) is 18.6 Å². The Morgan fingerprint density at radius 2 is 1.88 bits per heavy atom. The number of aliphatic carboxylic acids is 2. The van der Waals surface area contributed by atoms with Gasteiger partial charge in [0.15, 0.2) is 0 Å². The lowest BCUT2D eigenvalue weighted by Crippen LogP contribution is -2.49. The van der Waals surface area contributed by atoms with Crippen LogP contribution in [0.2, 0.25) is 0 Å². The number of rotatable bonds is 12. The maximum Gasteiger partial charge on any atom is 0.322 e. The van der Waals surface area contributed by atoms with Crippen LogP contribution < -0.4 is 16.4 Å². The molecule has 0 aliphatic carbocycles. The first-order valence-electron chi connectivity index (χ1n) is 6.48. The molecule has 0 aromatic rings. The third kappa shape index (κ3) is 12.5. The Bertz CT molecular complexity index is 610. The van der Waals surface area contributed by atoms with Crippen molar-refractivity contribution in [1.29, 1.82) is 0 Å². The first-order valence-corrected chi connectivity index (χ1v) is 9.75. The summed E-state index contributed by atoms with van der Waals surface area (Å²) in [5, 5.41) is 21.4. The summed E-state index contributed by atoms with van der Waals surface area (Å²) in [6.07, 6.45) is -0.496. The highest BCUT2D eigenvalue weighted by molar-refractivity contribution is 8.30. The Labute approximate surface area is 151 Å². The molecule has 0 spiro atoms. The zero-order chi connectivity index (χ0) is 19.6. The van der Waals surface area contributed by atoms with Crippen molar-refractivity contribution in [3.05, 3.63) is 0 Å². The summed E-state index contributed by atoms with van der Waals surface area (Å²) in [7, 11) is -3.95. The van der Waals surface area contributed by atoms with Crippen LogP contribution in [0, 0.1) is 0 Å². The zero-order valence-corrected chi connectivity index (χ0v) is 15.0. The van der Waals surface area contributed by atoms with Crippen LogP contribution in [0.25, 0.3) is 0 Å². The minimum atomic E-state index is -3.95. The molecule has 0 aliphatic heterocycles. The van der Waals surface area contributed by atoms with Gasteiger partial charge in [0, 0.05) is 29.7 Å². The van der Waals surface area contributed by atoms with E-state index in [1.807, 2.05) is 5.32 Å². The van der Waals surface area contributed by atoms with Crippen LogP contribution in [0.5, 0.6) is 0 Å². The molecule has 0 rings (SSSR count). The third-order valence-corrected chi connectivity index (χ3v) is 4.48. The predicted octanol–water partition coefficient (Wildman–Crippen LogP) is -2.34. The molecule has 12 nitrogen and oxygen atoms in total. The molecule has 0 aliphatic rings. The number of carboxylic acid groups (broad SMARTS) is 2. The average Bonchev–Trinajstić information content (AvgIpc) is 2.47. The molecule has 0 saturated carbocycles. The Morgan fingerprint density at radius 3 is 2.36 bits per heavy atom. The van der Waals surface area contributed by atoms with Gasteiger partial charge in [0.2, 0.25) is 11.8 Å². The number of nitrogens with one attached hydrogen (secondary N) is 2. The highest BCUT2D eigenvalue weighted by Gasteiger charge is 2.23. The van der Waals surface area contributed by atoms with Gasteiger partial charge in [-0.25, -0.2) is 0 Å². The lowest BCUT2D eigenvalue weighted by molar-refractivity contribution is -0.139. The van der Waals surface area contributed by atoms with Gasteiger partial charge in [0.1, 0.15) is 18.6 Å². The van der Waals surface area contributed by atoms with Gasteiger partial charge in [-0.2, -0.15) is 7.84 Å². The van der Waals surface area contributed by atoms with Crippen molar-refractivity contribution in [2.45, 2.75) is 24.9 Å². The number of carbonyl (C=O) groups is 4. The molecular formula is C10H17N3O9S3. The second-order valence-electron chi connectivity index (χ2n) is 4.50. The van der Waals surface area contributed by atoms with Gasteiger partial charge >= 0.3 is 11.9 Å². The number of carboxylic acids is 2. The smallest absolute Gasteiger partial charge is 0.322 e. The molecule has 0 radical (unpaired) electrons. The van der Waals surface area contributed by atoms with E-state index in [0.717, 1.165) is 0 Å². The number of carbonyl (C=O) groups excluding carboxylic acids is 2. The fourth-order valence-corrected chi connectivity index (χ4v) is 2.73. The standard InChI is InChI=1S/C10H17N3O9S3/c11-5(10(18)19)1-2-7(14)13-6(4-24-22-25(20,21)23)9(17)12-3-8(15)16/h5-6H,1-4,11H2,(H,12,17)(H,13,14)(H,15,16)(H,18,19)(H,20,21,23). The van der Waals surface area contributed by atoms with Crippen molar-refractivity contribution in [3.63, 3.8) is 0 Å². The molecule has 3 atom stereocenters. The van der Waals surface area contributed by atoms with E-state index in [1.165, 1.54) is 0 Å². The second-order valence-corrected chi connectivity index (χ2v) is 7.73. The van der Waals surface area contributed by atoms with Crippen molar-refractivity contribution in [2.75, 3.05) is 12.3 Å². The summed E-state index contributed by atoms with van der Waals surface area (Å²) >= 11 is 4.41. The normalized spacial score (nSPS) is 15.4. The summed E-state index contributed by atoms with van der Waals surface area (Å²) in [4.78, 5) is 44.6. The largest absolute Gasteiger partial charge is 0.480 e. The number of amides is 2. The minimum absolute atomic E-state index is 0.190. The molecule has 7 N–H and O–H groups in total. The molecule has 0 fully saturated rings. The van der Waals surface area contributed by atoms with Gasteiger partial charge in [-0.05, 0) is 6.42 Å². The number of nitrogens with two attached hydrogens (primary N) is 1. The summed E-state index contributed by atoms with van der Waals surface area (Å²) < 4.78 is 23.9. The molecule has 144 valence electrons. The SMILES string of the molecule is NC(CCC(=O)NC(CSOS(=O)(O)=S)C(=O)NCC(=O)O)C(=O)O. The number of hydrogen-bond acceptors (Lipinski definition) is 9. The first-order chi connectivity index (χ1) is 11.4. The molecule has 25 heavy (non-hydrogen) atoms. The van der Waals surface area contributed by atoms with Crippen molar-refractivity contribution in [1.82, 2.24) is 10.6 Å². The van der Waals surface area contributed by atoms with Gasteiger partial charge in [0.25, 0.3) is 9.05 Å². The lowest BCUT2D eigenvalue weighted by atomic mass is 10.1. The molecule has 15 heteroatoms. The van der Waals surface area contributed by atoms with Gasteiger partial charge in [0.05, 0.1) is 5.75 Å². The van der Waals surface area contributed by atoms with Crippen LogP contribution in [0.1, 0.15) is 12.8 Å². The Hall–Kier alpha value is -1.52. The Kier molecular flexibility index (Phi) is 10.5. The van der Waals surface area contributed by atoms with Crippen LogP contribution in [0.15, 0.2) is 0 Å². The Balaban J connectivity index is 4.69. The van der Waals surface area contributed by atoms with E-state index in [1.54, 1.807) is 0 Å². The Morgan fingerprint density at radius 1 is 1.28 bits per heavy atom. The topological polar surface area (TPSA) is 205 Å². The summed E-state index contributed by atoms with van der Waals surface area (Å²) in [5.74, 6) is -4.58. The fraction of sp³-hybridized carbons (Fsp3) is 0.600. The van der Waals surface area contributed by atoms with Crippen LogP contribution >= 0.6 is 12.0 Å². The maximum absolute atomic E-state index is 11.8. The van der Waals surface area contributed by atoms with Crippen LogP contribution in [0.3, 0.4) is 0 Å². The van der Waals surface area contributed by atoms with Crippen molar-refractivity contribution < 1.29 is 41.8 Å². The molecule has 0 bridgehead atoms. The second kappa shape index (κ2) is 11.2. The van der Waals surface area contributed by atoms with Crippen molar-refractivity contribution in [3.8, 4) is 0 Å². The summed E-state index contributed by atoms with van der Waals surface area (Å²) in [6, 6.07) is -2.57. The van der Waals surface area contributed by atoms with Crippen LogP contribution in [-0.2, 0) is 43.0 Å². The van der Waals surface area contributed by atoms with Gasteiger partial charge < -0.3 is 26.6 Å². The maximum atomic E-state index is 11.8. The number of hydrogen-bond donors (Lipinski definition) is 6. The highest BCUT2D eigenvalue weighted by atomic mass is 32.9. The van der Waals surface area contributed by atoms with Gasteiger partial charge in [-0.15, -0.1) is 0 Å². The molecular weight excluding hydrogens is 402 g/mol. The van der Waals surface area contributed by atoms with E-state index < -0.39 is 51.4 Å². The average molecular weight is 419 g/mol. The zero-order valence-electron chi connectivity index (χ0n) is 12.6. The van der Waals surface area contributed by atoms with Gasteiger partial charge in [-0.1, -0.05) is 0 Å². The van der Waals surface area contributed by atoms with Gasteiger partial charge in [-0.3, -0.25) is 23.7 Å². The summed E-state index contributed by atoms with van der Waals surface area (Å²) in [5.41, 5.74) is 5.24. The molecule has 3 unspecified atom stereocenters. The van der Waals surface area contributed by atoms with E-state index in [0.29, 0.717) is 12.0 Å². The minimum Gasteiger partial charge on any atom is -0.480 e. The third-order valence-electron chi connectivity index (χ3n) is 2.43. The van der Waals surface area contributed by atoms with Crippen LogP contribution in [0.4, 0.5) is 0 Å². The first kappa shape index (κ1) is 23.5. The fourth-order valence-electron chi connectivity index (χ4n) is 1.30. The van der Waals surface area contributed by atoms with E-state index in [9.17, 15) is 23.4 Å². The monoisotopic (exact) mass is 419 g/mol. The van der Waals surface area contributed by atoms with Crippen LogP contribution in [-0.4, -0.2) is 67.1 Å². The van der Waals surface area contributed by atoms with Crippen molar-refractivity contribution in [2.24, 2.45) is 5.73 Å². The van der Waals surface area contributed by atoms with E-state index in [2.05, 4.69) is 20.1 Å². The molecule has 2 amide bonds. The van der Waals surface area contributed by atoms with E-state index >= 15 is 0 Å². The quantitative estimate of drug-likeness (QED) is 0.184. The predicted molar refractivity (Wildman–Crippen MR) is 89.1 cm³/mol. The summed E-state index contributed by atoms with van der Waals surface area (Å²) in [6.45, 7) is -0.710. The molecule has 0 aromatic carbocycles. The van der Waals surface area contributed by atoms with Crippen molar-refractivity contribution >= 4 is 56.0 Å². The molecule has 0 heterocycles. The molecule has 0 aromatic heterocycles. The lowest BCUT2D eigenvalue weighted by Gasteiger charge is -2.17. The van der Waals surface area contributed by atoms with E-state index in [4.69, 9.17) is 20.5 Å².